The van der Waals surface area contributed by atoms with E-state index >= 15 is 0 Å². The highest BCUT2D eigenvalue weighted by atomic mass is 16.5. The molecule has 0 aromatic carbocycles. The maximum Gasteiger partial charge on any atom is 0.330 e. The molecule has 0 saturated carbocycles. The molecule has 2 fully saturated rings. The van der Waals surface area contributed by atoms with Crippen molar-refractivity contribution < 1.29 is 39.1 Å². The van der Waals surface area contributed by atoms with E-state index in [0.717, 1.165) is 44.8 Å². The highest BCUT2D eigenvalue weighted by Crippen LogP contribution is 2.34. The average molecular weight is 485 g/mol. The Balaban J connectivity index is 1.67. The Morgan fingerprint density at radius 3 is 2.29 bits per heavy atom. The number of aliphatic hydroxyl groups excluding tert-OH is 3. The smallest absolute Gasteiger partial charge is 0.330 e. The third-order valence-corrected chi connectivity index (χ3v) is 7.17. The van der Waals surface area contributed by atoms with Crippen LogP contribution in [-0.4, -0.2) is 77.4 Å². The molecule has 2 heterocycles. The van der Waals surface area contributed by atoms with E-state index in [9.17, 15) is 24.9 Å². The summed E-state index contributed by atoms with van der Waals surface area (Å²) in [5.41, 5.74) is 0.715. The second-order valence-corrected chi connectivity index (χ2v) is 10.0. The van der Waals surface area contributed by atoms with E-state index in [1.165, 1.54) is 6.08 Å². The number of esters is 1. The largest absolute Gasteiger partial charge is 0.463 e. The molecule has 0 bridgehead atoms. The lowest BCUT2D eigenvalue weighted by atomic mass is 9.84. The van der Waals surface area contributed by atoms with E-state index in [-0.39, 0.29) is 30.7 Å². The van der Waals surface area contributed by atoms with Gasteiger partial charge in [-0.2, -0.15) is 0 Å². The zero-order valence-electron chi connectivity index (χ0n) is 20.9. The summed E-state index contributed by atoms with van der Waals surface area (Å²) in [4.78, 5) is 22.3. The molecule has 8 nitrogen and oxygen atoms in total. The molecule has 0 aromatic heterocycles. The minimum absolute atomic E-state index is 0.0242. The van der Waals surface area contributed by atoms with E-state index in [1.54, 1.807) is 6.92 Å². The molecule has 2 aliphatic heterocycles. The van der Waals surface area contributed by atoms with Crippen LogP contribution in [0.1, 0.15) is 78.6 Å². The van der Waals surface area contributed by atoms with Gasteiger partial charge in [0.15, 0.2) is 0 Å². The predicted molar refractivity (Wildman–Crippen MR) is 127 cm³/mol. The Bertz CT molecular complexity index is 651. The first-order chi connectivity index (χ1) is 16.2. The number of carbonyl (C=O) groups excluding carboxylic acids is 2. The van der Waals surface area contributed by atoms with E-state index in [4.69, 9.17) is 14.2 Å². The monoisotopic (exact) mass is 484 g/mol. The third kappa shape index (κ3) is 9.04. The molecule has 196 valence electrons. The van der Waals surface area contributed by atoms with E-state index in [1.807, 2.05) is 13.8 Å². The first-order valence-corrected chi connectivity index (χ1v) is 12.8. The Kier molecular flexibility index (Phi) is 12.7. The number of hydrogen-bond donors (Lipinski definition) is 3. The van der Waals surface area contributed by atoms with Crippen LogP contribution < -0.4 is 0 Å². The zero-order valence-corrected chi connectivity index (χ0v) is 20.9. The van der Waals surface area contributed by atoms with Gasteiger partial charge in [-0.1, -0.05) is 38.2 Å². The fraction of sp³-hybridized carbons (Fsp3) is 0.846. The number of carbonyl (C=O) groups is 2. The van der Waals surface area contributed by atoms with Gasteiger partial charge in [0.1, 0.15) is 12.4 Å². The molecule has 0 aromatic rings. The van der Waals surface area contributed by atoms with Crippen LogP contribution in [0, 0.1) is 11.8 Å². The van der Waals surface area contributed by atoms with E-state index in [0.29, 0.717) is 31.4 Å². The van der Waals surface area contributed by atoms with Crippen molar-refractivity contribution in [1.82, 2.24) is 0 Å². The van der Waals surface area contributed by atoms with Crippen LogP contribution in [-0.2, 0) is 23.8 Å². The molecular weight excluding hydrogens is 440 g/mol. The first-order valence-electron chi connectivity index (χ1n) is 12.8. The minimum Gasteiger partial charge on any atom is -0.463 e. The van der Waals surface area contributed by atoms with Crippen molar-refractivity contribution in [2.24, 2.45) is 11.8 Å². The van der Waals surface area contributed by atoms with Crippen LogP contribution >= 0.6 is 0 Å². The molecule has 0 radical (unpaired) electrons. The van der Waals surface area contributed by atoms with E-state index < -0.39 is 30.4 Å². The lowest BCUT2D eigenvalue weighted by Gasteiger charge is -2.39. The molecule has 34 heavy (non-hydrogen) atoms. The summed E-state index contributed by atoms with van der Waals surface area (Å²) < 4.78 is 16.9. The van der Waals surface area contributed by atoms with Crippen molar-refractivity contribution in [3.63, 3.8) is 0 Å². The lowest BCUT2D eigenvalue weighted by Crippen LogP contribution is -2.51. The number of aliphatic hydroxyl groups is 3. The first kappa shape index (κ1) is 28.9. The van der Waals surface area contributed by atoms with Crippen molar-refractivity contribution >= 4 is 12.3 Å². The summed E-state index contributed by atoms with van der Waals surface area (Å²) in [6, 6.07) is 0. The molecule has 2 saturated heterocycles. The normalized spacial score (nSPS) is 34.2. The summed E-state index contributed by atoms with van der Waals surface area (Å²) in [5, 5.41) is 31.6. The van der Waals surface area contributed by atoms with Crippen molar-refractivity contribution in [3.05, 3.63) is 11.6 Å². The quantitative estimate of drug-likeness (QED) is 0.149. The number of hydrogen-bond acceptors (Lipinski definition) is 8. The number of ether oxygens (including phenoxy) is 3. The fourth-order valence-corrected chi connectivity index (χ4v) is 4.75. The zero-order chi connectivity index (χ0) is 25.1. The fourth-order valence-electron chi connectivity index (χ4n) is 4.75. The SMILES string of the molecule is C/C(=C\C(=O)OCCCCCCCCC=O)CC1OCC(CC2OC(C)C(C)C2O)C(O)C1O. The number of unbranched alkanes of at least 4 members (excludes halogenated alkanes) is 6. The summed E-state index contributed by atoms with van der Waals surface area (Å²) in [7, 11) is 0. The molecule has 0 aliphatic carbocycles. The lowest BCUT2D eigenvalue weighted by molar-refractivity contribution is -0.171. The van der Waals surface area contributed by atoms with Gasteiger partial charge >= 0.3 is 5.97 Å². The van der Waals surface area contributed by atoms with Crippen LogP contribution in [0.5, 0.6) is 0 Å². The molecule has 3 N–H and O–H groups in total. The minimum atomic E-state index is -1.09. The number of aldehydes is 1. The van der Waals surface area contributed by atoms with Gasteiger partial charge < -0.3 is 34.3 Å². The van der Waals surface area contributed by atoms with Gasteiger partial charge in [-0.05, 0) is 39.5 Å². The molecule has 8 atom stereocenters. The topological polar surface area (TPSA) is 123 Å². The summed E-state index contributed by atoms with van der Waals surface area (Å²) in [6.07, 6.45) is 5.97. The third-order valence-electron chi connectivity index (χ3n) is 7.17. The van der Waals surface area contributed by atoms with Crippen molar-refractivity contribution in [1.29, 1.82) is 0 Å². The highest BCUT2D eigenvalue weighted by molar-refractivity contribution is 5.82. The Morgan fingerprint density at radius 1 is 0.971 bits per heavy atom. The van der Waals surface area contributed by atoms with Gasteiger partial charge in [0.2, 0.25) is 0 Å². The summed E-state index contributed by atoms with van der Waals surface area (Å²) in [6.45, 7) is 6.26. The maximum absolute atomic E-state index is 12.1. The molecule has 8 unspecified atom stereocenters. The van der Waals surface area contributed by atoms with Crippen molar-refractivity contribution in [2.45, 2.75) is 115 Å². The second-order valence-electron chi connectivity index (χ2n) is 10.0. The van der Waals surface area contributed by atoms with Gasteiger partial charge in [-0.25, -0.2) is 4.79 Å². The highest BCUT2D eigenvalue weighted by Gasteiger charge is 2.44. The van der Waals surface area contributed by atoms with Gasteiger partial charge in [0, 0.05) is 24.3 Å². The van der Waals surface area contributed by atoms with Crippen LogP contribution in [0.3, 0.4) is 0 Å². The molecule has 0 amide bonds. The van der Waals surface area contributed by atoms with Crippen LogP contribution in [0.15, 0.2) is 11.6 Å². The Labute approximate surface area is 203 Å². The maximum atomic E-state index is 12.1. The molecular formula is C26H44O8. The molecule has 2 rings (SSSR count). The van der Waals surface area contributed by atoms with Crippen LogP contribution in [0.2, 0.25) is 0 Å². The Morgan fingerprint density at radius 2 is 1.65 bits per heavy atom. The molecule has 2 aliphatic rings. The van der Waals surface area contributed by atoms with Crippen LogP contribution in [0.4, 0.5) is 0 Å². The standard InChI is InChI=1S/C26H44O8/c1-17(14-23(28)32-12-10-8-6-4-5-7-9-11-27)13-21-26(31)25(30)20(16-33-21)15-22-24(29)18(2)19(3)34-22/h11,14,18-22,24-26,29-31H,4-10,12-13,15-16H2,1-3H3/b17-14+. The van der Waals surface area contributed by atoms with Gasteiger partial charge in [-0.3, -0.25) is 0 Å². The number of rotatable bonds is 14. The van der Waals surface area contributed by atoms with Gasteiger partial charge in [-0.15, -0.1) is 0 Å². The van der Waals surface area contributed by atoms with Crippen molar-refractivity contribution in [2.75, 3.05) is 13.2 Å². The molecule has 8 heteroatoms. The van der Waals surface area contributed by atoms with Gasteiger partial charge in [0.05, 0.1) is 43.7 Å². The summed E-state index contributed by atoms with van der Waals surface area (Å²) >= 11 is 0. The van der Waals surface area contributed by atoms with Crippen molar-refractivity contribution in [3.8, 4) is 0 Å². The second kappa shape index (κ2) is 14.9. The Hall–Kier alpha value is -1.32. The van der Waals surface area contributed by atoms with Gasteiger partial charge in [0.25, 0.3) is 0 Å². The van der Waals surface area contributed by atoms with E-state index in [2.05, 4.69) is 0 Å². The van der Waals surface area contributed by atoms with Crippen LogP contribution in [0.25, 0.3) is 0 Å². The predicted octanol–water partition coefficient (Wildman–Crippen LogP) is 2.71. The summed E-state index contributed by atoms with van der Waals surface area (Å²) in [5.74, 6) is -0.721. The average Bonchev–Trinajstić information content (AvgIpc) is 3.04. The molecule has 0 spiro atoms.